The number of ether oxygens (including phenoxy) is 2. The van der Waals surface area contributed by atoms with Gasteiger partial charge in [-0.3, -0.25) is 9.59 Å². The van der Waals surface area contributed by atoms with Crippen molar-refractivity contribution in [3.8, 4) is 11.5 Å². The summed E-state index contributed by atoms with van der Waals surface area (Å²) in [5.41, 5.74) is 1.18. The van der Waals surface area contributed by atoms with Crippen molar-refractivity contribution in [1.29, 1.82) is 0 Å². The summed E-state index contributed by atoms with van der Waals surface area (Å²) in [4.78, 5) is 28.6. The predicted octanol–water partition coefficient (Wildman–Crippen LogP) is 2.32. The summed E-state index contributed by atoms with van der Waals surface area (Å²) in [5, 5.41) is 2.75. The van der Waals surface area contributed by atoms with Crippen LogP contribution in [0.2, 0.25) is 0 Å². The zero-order valence-corrected chi connectivity index (χ0v) is 17.4. The molecule has 0 atom stereocenters. The number of rotatable bonds is 9. The molecule has 7 nitrogen and oxygen atoms in total. The van der Waals surface area contributed by atoms with Crippen LogP contribution < -0.4 is 19.7 Å². The Labute approximate surface area is 177 Å². The van der Waals surface area contributed by atoms with Gasteiger partial charge in [0.05, 0.1) is 6.61 Å². The Morgan fingerprint density at radius 3 is 2.20 bits per heavy atom. The van der Waals surface area contributed by atoms with Crippen molar-refractivity contribution >= 4 is 17.5 Å². The first-order valence-corrected chi connectivity index (χ1v) is 10.4. The summed E-state index contributed by atoms with van der Waals surface area (Å²) in [6, 6.07) is 17.5. The lowest BCUT2D eigenvalue weighted by molar-refractivity contribution is -0.131. The first-order chi connectivity index (χ1) is 14.7. The lowest BCUT2D eigenvalue weighted by Crippen LogP contribution is -2.49. The molecule has 7 heteroatoms. The minimum atomic E-state index is -0.261. The van der Waals surface area contributed by atoms with Crippen molar-refractivity contribution in [1.82, 2.24) is 10.2 Å². The summed E-state index contributed by atoms with van der Waals surface area (Å²) < 4.78 is 11.0. The van der Waals surface area contributed by atoms with Crippen LogP contribution in [-0.4, -0.2) is 62.7 Å². The van der Waals surface area contributed by atoms with E-state index in [1.807, 2.05) is 42.2 Å². The maximum absolute atomic E-state index is 12.4. The number of para-hydroxylation sites is 3. The van der Waals surface area contributed by atoms with E-state index >= 15 is 0 Å². The molecular weight excluding hydrogens is 382 g/mol. The zero-order chi connectivity index (χ0) is 21.2. The number of hydrogen-bond donors (Lipinski definition) is 1. The van der Waals surface area contributed by atoms with Gasteiger partial charge in [0.2, 0.25) is 5.91 Å². The molecule has 0 unspecified atom stereocenters. The number of hydrogen-bond acceptors (Lipinski definition) is 5. The van der Waals surface area contributed by atoms with Crippen LogP contribution in [0.5, 0.6) is 11.5 Å². The molecule has 2 amide bonds. The predicted molar refractivity (Wildman–Crippen MR) is 116 cm³/mol. The van der Waals surface area contributed by atoms with Crippen LogP contribution in [0.3, 0.4) is 0 Å². The normalized spacial score (nSPS) is 13.6. The molecular formula is C23H29N3O4. The van der Waals surface area contributed by atoms with Gasteiger partial charge in [-0.25, -0.2) is 0 Å². The first-order valence-electron chi connectivity index (χ1n) is 10.4. The van der Waals surface area contributed by atoms with Crippen molar-refractivity contribution in [3.05, 3.63) is 54.6 Å². The van der Waals surface area contributed by atoms with Gasteiger partial charge in [0, 0.05) is 44.8 Å². The molecule has 3 rings (SSSR count). The molecule has 160 valence electrons. The van der Waals surface area contributed by atoms with Crippen LogP contribution in [0.4, 0.5) is 5.69 Å². The topological polar surface area (TPSA) is 71.1 Å². The van der Waals surface area contributed by atoms with Gasteiger partial charge in [-0.2, -0.15) is 0 Å². The molecule has 0 spiro atoms. The molecule has 1 N–H and O–H groups in total. The lowest BCUT2D eigenvalue weighted by Gasteiger charge is -2.36. The number of amides is 2. The molecule has 2 aromatic carbocycles. The average Bonchev–Trinajstić information content (AvgIpc) is 2.79. The Bertz CT molecular complexity index is 820. The number of carbonyl (C=O) groups is 2. The third-order valence-corrected chi connectivity index (χ3v) is 4.92. The number of carbonyl (C=O) groups excluding carboxylic acids is 2. The third kappa shape index (κ3) is 6.14. The molecule has 0 bridgehead atoms. The molecule has 1 aliphatic rings. The van der Waals surface area contributed by atoms with Crippen LogP contribution in [0.25, 0.3) is 0 Å². The molecule has 1 aliphatic heterocycles. The molecule has 0 aliphatic carbocycles. The largest absolute Gasteiger partial charge is 0.490 e. The zero-order valence-electron chi connectivity index (χ0n) is 17.4. The van der Waals surface area contributed by atoms with E-state index < -0.39 is 0 Å². The van der Waals surface area contributed by atoms with Gasteiger partial charge >= 0.3 is 0 Å². The monoisotopic (exact) mass is 411 g/mol. The van der Waals surface area contributed by atoms with E-state index in [2.05, 4.69) is 22.3 Å². The van der Waals surface area contributed by atoms with Crippen LogP contribution in [0.1, 0.15) is 13.3 Å². The van der Waals surface area contributed by atoms with Gasteiger partial charge in [-0.05, 0) is 31.2 Å². The maximum atomic E-state index is 12.4. The highest BCUT2D eigenvalue weighted by atomic mass is 16.5. The van der Waals surface area contributed by atoms with Gasteiger partial charge in [-0.15, -0.1) is 0 Å². The van der Waals surface area contributed by atoms with Gasteiger partial charge in [0.25, 0.3) is 5.91 Å². The van der Waals surface area contributed by atoms with Crippen molar-refractivity contribution in [2.45, 2.75) is 13.3 Å². The third-order valence-electron chi connectivity index (χ3n) is 4.92. The van der Waals surface area contributed by atoms with Crippen LogP contribution in [-0.2, 0) is 9.59 Å². The second-order valence-corrected chi connectivity index (χ2v) is 6.97. The average molecular weight is 412 g/mol. The Balaban J connectivity index is 1.34. The second kappa shape index (κ2) is 11.1. The number of nitrogens with zero attached hydrogens (tertiary/aromatic N) is 2. The van der Waals surface area contributed by atoms with Gasteiger partial charge in [0.15, 0.2) is 18.1 Å². The summed E-state index contributed by atoms with van der Waals surface area (Å²) in [6.45, 7) is 5.61. The van der Waals surface area contributed by atoms with E-state index in [-0.39, 0.29) is 24.8 Å². The molecule has 0 radical (unpaired) electrons. The highest BCUT2D eigenvalue weighted by Crippen LogP contribution is 2.26. The van der Waals surface area contributed by atoms with E-state index in [4.69, 9.17) is 9.47 Å². The summed E-state index contributed by atoms with van der Waals surface area (Å²) in [6.07, 6.45) is 0.284. The van der Waals surface area contributed by atoms with Crippen molar-refractivity contribution in [3.63, 3.8) is 0 Å². The minimum absolute atomic E-state index is 0.0608. The van der Waals surface area contributed by atoms with E-state index in [1.54, 1.807) is 12.1 Å². The second-order valence-electron chi connectivity index (χ2n) is 6.97. The van der Waals surface area contributed by atoms with E-state index in [1.165, 1.54) is 5.69 Å². The highest BCUT2D eigenvalue weighted by molar-refractivity contribution is 5.80. The van der Waals surface area contributed by atoms with Crippen LogP contribution in [0, 0.1) is 0 Å². The number of nitrogens with one attached hydrogen (secondary N) is 1. The van der Waals surface area contributed by atoms with E-state index in [0.29, 0.717) is 37.7 Å². The summed E-state index contributed by atoms with van der Waals surface area (Å²) in [7, 11) is 0. The Hall–Kier alpha value is -3.22. The first kappa shape index (κ1) is 21.5. The lowest BCUT2D eigenvalue weighted by atomic mass is 10.2. The van der Waals surface area contributed by atoms with Crippen molar-refractivity contribution < 1.29 is 19.1 Å². The fourth-order valence-electron chi connectivity index (χ4n) is 3.36. The molecule has 0 aromatic heterocycles. The minimum Gasteiger partial charge on any atom is -0.490 e. The molecule has 1 heterocycles. The SMILES string of the molecule is CCOc1ccccc1OCC(=O)NCCC(=O)N1CCN(c2ccccc2)CC1. The van der Waals surface area contributed by atoms with Gasteiger partial charge in [-0.1, -0.05) is 30.3 Å². The number of benzene rings is 2. The van der Waals surface area contributed by atoms with Crippen LogP contribution >= 0.6 is 0 Å². The Morgan fingerprint density at radius 1 is 0.900 bits per heavy atom. The van der Waals surface area contributed by atoms with Crippen LogP contribution in [0.15, 0.2) is 54.6 Å². The quantitative estimate of drug-likeness (QED) is 0.686. The molecule has 30 heavy (non-hydrogen) atoms. The van der Waals surface area contributed by atoms with Gasteiger partial charge < -0.3 is 24.6 Å². The molecule has 2 aromatic rings. The number of anilines is 1. The fourth-order valence-corrected chi connectivity index (χ4v) is 3.36. The molecule has 1 fully saturated rings. The highest BCUT2D eigenvalue weighted by Gasteiger charge is 2.21. The molecule has 1 saturated heterocycles. The number of piperazine rings is 1. The maximum Gasteiger partial charge on any atom is 0.257 e. The summed E-state index contributed by atoms with van der Waals surface area (Å²) in [5.74, 6) is 0.938. The van der Waals surface area contributed by atoms with Crippen molar-refractivity contribution in [2.75, 3.05) is 50.8 Å². The Morgan fingerprint density at radius 2 is 1.53 bits per heavy atom. The molecule has 0 saturated carbocycles. The fraction of sp³-hybridized carbons (Fsp3) is 0.391. The van der Waals surface area contributed by atoms with Crippen molar-refractivity contribution in [2.24, 2.45) is 0 Å². The standard InChI is InChI=1S/C23H29N3O4/c1-2-29-20-10-6-7-11-21(20)30-18-22(27)24-13-12-23(28)26-16-14-25(15-17-26)19-8-4-3-5-9-19/h3-11H,2,12-18H2,1H3,(H,24,27). The van der Waals surface area contributed by atoms with E-state index in [0.717, 1.165) is 13.1 Å². The van der Waals surface area contributed by atoms with E-state index in [9.17, 15) is 9.59 Å². The summed E-state index contributed by atoms with van der Waals surface area (Å²) >= 11 is 0. The smallest absolute Gasteiger partial charge is 0.257 e. The Kier molecular flexibility index (Phi) is 7.94. The van der Waals surface area contributed by atoms with Gasteiger partial charge in [0.1, 0.15) is 0 Å².